The minimum atomic E-state index is -0.525. The fraction of sp³-hybridized carbons (Fsp3) is 0.0690. The number of hydrogen-bond acceptors (Lipinski definition) is 3. The standard InChI is InChI=1S/C58H39N3/c59-37-41-19-17-39(18-20-41)35-40-21-25-45(26-22-40)49-13-8-16-55-57(49)52-34-33-48(36-56(52)58(55)53-14-6-4-11-50(53)51-12-5-7-15-54(51)58)61(46-29-23-42(38-60)24-30-46)47-31-27-44(28-32-47)43-9-2-1-3-10-43/h1-21,23-25,27-34,36H,22,26,35H2. The van der Waals surface area contributed by atoms with Gasteiger partial charge in [-0.3, -0.25) is 0 Å². The molecule has 0 aromatic heterocycles. The summed E-state index contributed by atoms with van der Waals surface area (Å²) in [6.45, 7) is 0. The molecule has 286 valence electrons. The van der Waals surface area contributed by atoms with Crippen LogP contribution < -0.4 is 4.90 Å². The van der Waals surface area contributed by atoms with Gasteiger partial charge in [-0.05, 0) is 152 Å². The number of benzene rings is 8. The minimum Gasteiger partial charge on any atom is -0.310 e. The predicted octanol–water partition coefficient (Wildman–Crippen LogP) is 14.3. The van der Waals surface area contributed by atoms with Crippen LogP contribution in [0.4, 0.5) is 17.1 Å². The zero-order valence-corrected chi connectivity index (χ0v) is 33.5. The van der Waals surface area contributed by atoms with Crippen molar-refractivity contribution in [2.24, 2.45) is 0 Å². The van der Waals surface area contributed by atoms with Crippen molar-refractivity contribution >= 4 is 22.6 Å². The highest BCUT2D eigenvalue weighted by atomic mass is 15.1. The van der Waals surface area contributed by atoms with Gasteiger partial charge >= 0.3 is 0 Å². The van der Waals surface area contributed by atoms with Gasteiger partial charge in [-0.25, -0.2) is 0 Å². The van der Waals surface area contributed by atoms with E-state index in [-0.39, 0.29) is 0 Å². The van der Waals surface area contributed by atoms with E-state index < -0.39 is 5.41 Å². The van der Waals surface area contributed by atoms with Crippen LogP contribution in [0, 0.1) is 22.7 Å². The maximum atomic E-state index is 9.74. The molecule has 0 unspecified atom stereocenters. The zero-order chi connectivity index (χ0) is 40.9. The van der Waals surface area contributed by atoms with Gasteiger partial charge in [0.1, 0.15) is 0 Å². The molecular formula is C58H39N3. The van der Waals surface area contributed by atoms with Gasteiger partial charge < -0.3 is 4.90 Å². The third kappa shape index (κ3) is 5.86. The van der Waals surface area contributed by atoms with E-state index in [9.17, 15) is 10.5 Å². The Hall–Kier alpha value is -7.98. The van der Waals surface area contributed by atoms with Gasteiger partial charge in [-0.2, -0.15) is 10.5 Å². The maximum Gasteiger partial charge on any atom is 0.0991 e. The maximum absolute atomic E-state index is 9.74. The zero-order valence-electron chi connectivity index (χ0n) is 33.5. The lowest BCUT2D eigenvalue weighted by atomic mass is 9.70. The van der Waals surface area contributed by atoms with E-state index in [1.54, 1.807) is 0 Å². The van der Waals surface area contributed by atoms with Crippen LogP contribution in [0.5, 0.6) is 0 Å². The first-order valence-corrected chi connectivity index (χ1v) is 21.0. The fourth-order valence-electron chi connectivity index (χ4n) is 10.2. The molecule has 0 N–H and O–H groups in total. The third-order valence-corrected chi connectivity index (χ3v) is 12.9. The smallest absolute Gasteiger partial charge is 0.0991 e. The molecule has 3 heteroatoms. The normalized spacial score (nSPS) is 13.8. The van der Waals surface area contributed by atoms with Crippen LogP contribution in [-0.2, 0) is 11.8 Å². The average molecular weight is 778 g/mol. The van der Waals surface area contributed by atoms with Crippen LogP contribution >= 0.6 is 0 Å². The van der Waals surface area contributed by atoms with Gasteiger partial charge in [0.15, 0.2) is 0 Å². The number of hydrogen-bond donors (Lipinski definition) is 0. The molecule has 0 radical (unpaired) electrons. The largest absolute Gasteiger partial charge is 0.310 e. The summed E-state index contributed by atoms with van der Waals surface area (Å²) < 4.78 is 0. The van der Waals surface area contributed by atoms with E-state index in [1.165, 1.54) is 72.3 Å². The Morgan fingerprint density at radius 3 is 1.64 bits per heavy atom. The van der Waals surface area contributed by atoms with Crippen LogP contribution in [0.1, 0.15) is 57.3 Å². The number of nitrogens with zero attached hydrogens (tertiary/aromatic N) is 3. The quantitative estimate of drug-likeness (QED) is 0.162. The molecule has 61 heavy (non-hydrogen) atoms. The highest BCUT2D eigenvalue weighted by Crippen LogP contribution is 2.64. The molecule has 0 aliphatic heterocycles. The molecule has 11 rings (SSSR count). The van der Waals surface area contributed by atoms with Crippen molar-refractivity contribution in [2.75, 3.05) is 4.90 Å². The molecule has 3 aliphatic carbocycles. The Kier molecular flexibility index (Phi) is 8.70. The van der Waals surface area contributed by atoms with Crippen molar-refractivity contribution in [1.82, 2.24) is 0 Å². The molecule has 8 aromatic carbocycles. The van der Waals surface area contributed by atoms with Gasteiger partial charge in [0, 0.05) is 17.1 Å². The summed E-state index contributed by atoms with van der Waals surface area (Å²) in [5, 5.41) is 19.0. The van der Waals surface area contributed by atoms with E-state index in [0.29, 0.717) is 11.1 Å². The molecular weight excluding hydrogens is 739 g/mol. The Bertz CT molecular complexity index is 3110. The predicted molar refractivity (Wildman–Crippen MR) is 248 cm³/mol. The number of rotatable bonds is 7. The van der Waals surface area contributed by atoms with Crippen molar-refractivity contribution in [1.29, 1.82) is 10.5 Å². The highest BCUT2D eigenvalue weighted by Gasteiger charge is 2.52. The second-order valence-electron chi connectivity index (χ2n) is 16.2. The van der Waals surface area contributed by atoms with Crippen molar-refractivity contribution in [3.8, 4) is 45.5 Å². The molecule has 0 saturated carbocycles. The first kappa shape index (κ1) is 36.1. The summed E-state index contributed by atoms with van der Waals surface area (Å²) in [7, 11) is 0. The second kappa shape index (κ2) is 14.7. The van der Waals surface area contributed by atoms with Crippen molar-refractivity contribution < 1.29 is 0 Å². The number of anilines is 3. The van der Waals surface area contributed by atoms with E-state index in [0.717, 1.165) is 41.9 Å². The molecule has 0 saturated heterocycles. The minimum absolute atomic E-state index is 0.525. The Balaban J connectivity index is 1.10. The van der Waals surface area contributed by atoms with Crippen molar-refractivity contribution in [2.45, 2.75) is 24.7 Å². The number of allylic oxidation sites excluding steroid dienone is 4. The van der Waals surface area contributed by atoms with Crippen LogP contribution in [-0.4, -0.2) is 0 Å². The molecule has 8 aromatic rings. The molecule has 0 atom stereocenters. The van der Waals surface area contributed by atoms with Crippen LogP contribution in [0.3, 0.4) is 0 Å². The van der Waals surface area contributed by atoms with Crippen molar-refractivity contribution in [3.05, 3.63) is 250 Å². The van der Waals surface area contributed by atoms with Gasteiger partial charge in [0.2, 0.25) is 0 Å². The summed E-state index contributed by atoms with van der Waals surface area (Å²) in [6.07, 6.45) is 7.50. The van der Waals surface area contributed by atoms with Crippen LogP contribution in [0.2, 0.25) is 0 Å². The van der Waals surface area contributed by atoms with Gasteiger partial charge in [-0.1, -0.05) is 145 Å². The lowest BCUT2D eigenvalue weighted by molar-refractivity contribution is 0.793. The topological polar surface area (TPSA) is 50.8 Å². The number of nitriles is 2. The summed E-state index contributed by atoms with van der Waals surface area (Å²) in [5.74, 6) is 0. The van der Waals surface area contributed by atoms with E-state index in [4.69, 9.17) is 0 Å². The van der Waals surface area contributed by atoms with E-state index in [1.807, 2.05) is 30.3 Å². The number of fused-ring (bicyclic) bond motifs is 10. The monoisotopic (exact) mass is 777 g/mol. The summed E-state index contributed by atoms with van der Waals surface area (Å²) >= 11 is 0. The first-order valence-electron chi connectivity index (χ1n) is 21.0. The summed E-state index contributed by atoms with van der Waals surface area (Å²) in [6, 6.07) is 71.7. The van der Waals surface area contributed by atoms with Gasteiger partial charge in [0.05, 0.1) is 28.7 Å². The Morgan fingerprint density at radius 1 is 0.443 bits per heavy atom. The molecule has 0 bridgehead atoms. The Labute approximate surface area is 357 Å². The van der Waals surface area contributed by atoms with Crippen molar-refractivity contribution in [3.63, 3.8) is 0 Å². The molecule has 1 spiro atoms. The Morgan fingerprint density at radius 2 is 1.00 bits per heavy atom. The van der Waals surface area contributed by atoms with Gasteiger partial charge in [-0.15, -0.1) is 0 Å². The lowest BCUT2D eigenvalue weighted by Crippen LogP contribution is -2.26. The average Bonchev–Trinajstić information content (AvgIpc) is 3.80. The first-order chi connectivity index (χ1) is 30.1. The summed E-state index contributed by atoms with van der Waals surface area (Å²) in [5.41, 5.74) is 21.8. The molecule has 3 aliphatic rings. The van der Waals surface area contributed by atoms with Gasteiger partial charge in [0.25, 0.3) is 0 Å². The fourth-order valence-corrected chi connectivity index (χ4v) is 10.2. The third-order valence-electron chi connectivity index (χ3n) is 12.9. The van der Waals surface area contributed by atoms with Crippen LogP contribution in [0.25, 0.3) is 39.0 Å². The van der Waals surface area contributed by atoms with E-state index in [2.05, 4.69) is 187 Å². The second-order valence-corrected chi connectivity index (χ2v) is 16.2. The van der Waals surface area contributed by atoms with E-state index >= 15 is 0 Å². The lowest BCUT2D eigenvalue weighted by Gasteiger charge is -2.32. The molecule has 3 nitrogen and oxygen atoms in total. The SMILES string of the molecule is N#Cc1ccc(CC2=CC=C(c3cccc4c3-c3ccc(N(c5ccc(C#N)cc5)c5ccc(-c6ccccc6)cc5)cc3C43c4ccccc4-c4ccccc43)CC2)cc1. The molecule has 0 amide bonds. The highest BCUT2D eigenvalue weighted by molar-refractivity contribution is 6.00. The molecule has 0 heterocycles. The van der Waals surface area contributed by atoms with Crippen LogP contribution in [0.15, 0.2) is 206 Å². The summed E-state index contributed by atoms with van der Waals surface area (Å²) in [4.78, 5) is 2.32. The molecule has 0 fully saturated rings.